The fourth-order valence-corrected chi connectivity index (χ4v) is 3.03. The number of anilines is 1. The number of hydrogen-bond donors (Lipinski definition) is 1. The number of carbonyl (C=O) groups is 1. The summed E-state index contributed by atoms with van der Waals surface area (Å²) in [6, 6.07) is 24.6. The normalized spacial score (nSPS) is 11.3. The van der Waals surface area contributed by atoms with Crippen molar-refractivity contribution in [3.63, 3.8) is 0 Å². The highest BCUT2D eigenvalue weighted by atomic mass is 16.5. The van der Waals surface area contributed by atoms with E-state index >= 15 is 0 Å². The van der Waals surface area contributed by atoms with Gasteiger partial charge in [0.15, 0.2) is 0 Å². The van der Waals surface area contributed by atoms with E-state index in [-0.39, 0.29) is 6.61 Å². The van der Waals surface area contributed by atoms with E-state index in [2.05, 4.69) is 5.32 Å². The van der Waals surface area contributed by atoms with E-state index in [4.69, 9.17) is 14.2 Å². The van der Waals surface area contributed by atoms with Gasteiger partial charge in [-0.05, 0) is 66.6 Å². The van der Waals surface area contributed by atoms with Crippen LogP contribution in [-0.4, -0.2) is 26.8 Å². The van der Waals surface area contributed by atoms with Crippen LogP contribution in [0.15, 0.2) is 78.9 Å². The van der Waals surface area contributed by atoms with Crippen LogP contribution in [0.2, 0.25) is 0 Å². The lowest BCUT2D eigenvalue weighted by molar-refractivity contribution is -0.136. The molecule has 154 valence electrons. The molecule has 30 heavy (non-hydrogen) atoms. The van der Waals surface area contributed by atoms with Crippen LogP contribution in [0, 0.1) is 0 Å². The van der Waals surface area contributed by atoms with E-state index in [0.29, 0.717) is 11.3 Å². The first-order valence-electron chi connectivity index (χ1n) is 9.68. The molecule has 0 amide bonds. The summed E-state index contributed by atoms with van der Waals surface area (Å²) in [4.78, 5) is 13.0. The molecule has 0 heterocycles. The topological polar surface area (TPSA) is 56.8 Å². The predicted molar refractivity (Wildman–Crippen MR) is 119 cm³/mol. The van der Waals surface area contributed by atoms with E-state index in [1.54, 1.807) is 21.1 Å². The third-order valence-corrected chi connectivity index (χ3v) is 4.53. The summed E-state index contributed by atoms with van der Waals surface area (Å²) in [6.07, 6.45) is 0. The maximum absolute atomic E-state index is 13.0. The molecule has 0 aliphatic heterocycles. The third kappa shape index (κ3) is 5.00. The number of methoxy groups -OCH3 is 2. The monoisotopic (exact) mass is 403 g/mol. The molecule has 0 aliphatic carbocycles. The SMILES string of the molecule is CCOC(=O)/C(=C(/Nc1ccc(OC)cc1)c1ccc(OC)cc1)c1ccccc1. The first-order chi connectivity index (χ1) is 14.7. The highest BCUT2D eigenvalue weighted by Crippen LogP contribution is 2.30. The summed E-state index contributed by atoms with van der Waals surface area (Å²) in [5.41, 5.74) is 3.52. The van der Waals surface area contributed by atoms with Gasteiger partial charge in [-0.1, -0.05) is 30.3 Å². The lowest BCUT2D eigenvalue weighted by Gasteiger charge is -2.18. The summed E-state index contributed by atoms with van der Waals surface area (Å²) in [6.45, 7) is 2.08. The maximum atomic E-state index is 13.0. The Balaban J connectivity index is 2.17. The Kier molecular flexibility index (Phi) is 7.11. The van der Waals surface area contributed by atoms with Crippen molar-refractivity contribution in [3.8, 4) is 11.5 Å². The molecule has 0 spiro atoms. The number of nitrogens with one attached hydrogen (secondary N) is 1. The molecule has 3 aromatic rings. The van der Waals surface area contributed by atoms with E-state index in [9.17, 15) is 4.79 Å². The van der Waals surface area contributed by atoms with Crippen molar-refractivity contribution in [3.05, 3.63) is 90.0 Å². The highest BCUT2D eigenvalue weighted by Gasteiger charge is 2.21. The van der Waals surface area contributed by atoms with Gasteiger partial charge in [-0.25, -0.2) is 4.79 Å². The second-order valence-corrected chi connectivity index (χ2v) is 6.42. The summed E-state index contributed by atoms with van der Waals surface area (Å²) in [5, 5.41) is 3.40. The smallest absolute Gasteiger partial charge is 0.340 e. The second kappa shape index (κ2) is 10.2. The zero-order valence-electron chi connectivity index (χ0n) is 17.3. The molecular weight excluding hydrogens is 378 g/mol. The van der Waals surface area contributed by atoms with Crippen molar-refractivity contribution < 1.29 is 19.0 Å². The molecule has 3 aromatic carbocycles. The Morgan fingerprint density at radius 2 is 1.33 bits per heavy atom. The predicted octanol–water partition coefficient (Wildman–Crippen LogP) is 5.25. The molecule has 0 radical (unpaired) electrons. The van der Waals surface area contributed by atoms with Crippen molar-refractivity contribution in [1.29, 1.82) is 0 Å². The Morgan fingerprint density at radius 1 is 0.767 bits per heavy atom. The highest BCUT2D eigenvalue weighted by molar-refractivity contribution is 6.25. The molecule has 5 nitrogen and oxygen atoms in total. The van der Waals surface area contributed by atoms with Crippen molar-refractivity contribution >= 4 is 22.9 Å². The van der Waals surface area contributed by atoms with Crippen molar-refractivity contribution in [1.82, 2.24) is 0 Å². The van der Waals surface area contributed by atoms with Gasteiger partial charge in [0.25, 0.3) is 0 Å². The van der Waals surface area contributed by atoms with Gasteiger partial charge in [0.2, 0.25) is 0 Å². The van der Waals surface area contributed by atoms with Gasteiger partial charge >= 0.3 is 5.97 Å². The van der Waals surface area contributed by atoms with Crippen molar-refractivity contribution in [2.75, 3.05) is 26.1 Å². The van der Waals surface area contributed by atoms with E-state index < -0.39 is 5.97 Å². The lowest BCUT2D eigenvalue weighted by atomic mass is 9.99. The number of ether oxygens (including phenoxy) is 3. The third-order valence-electron chi connectivity index (χ3n) is 4.53. The Morgan fingerprint density at radius 3 is 1.87 bits per heavy atom. The summed E-state index contributed by atoms with van der Waals surface area (Å²) >= 11 is 0. The molecule has 3 rings (SSSR count). The fourth-order valence-electron chi connectivity index (χ4n) is 3.03. The minimum absolute atomic E-state index is 0.285. The maximum Gasteiger partial charge on any atom is 0.340 e. The largest absolute Gasteiger partial charge is 0.497 e. The molecule has 0 unspecified atom stereocenters. The quantitative estimate of drug-likeness (QED) is 0.316. The van der Waals surface area contributed by atoms with Gasteiger partial charge in [-0.15, -0.1) is 0 Å². The fraction of sp³-hybridized carbons (Fsp3) is 0.160. The molecule has 0 aliphatic rings. The van der Waals surface area contributed by atoms with Crippen molar-refractivity contribution in [2.45, 2.75) is 6.92 Å². The van der Waals surface area contributed by atoms with Crippen LogP contribution in [0.3, 0.4) is 0 Å². The number of benzene rings is 3. The van der Waals surface area contributed by atoms with Crippen LogP contribution in [-0.2, 0) is 9.53 Å². The minimum atomic E-state index is -0.393. The molecule has 0 aromatic heterocycles. The molecule has 0 fully saturated rings. The Labute approximate surface area is 176 Å². The molecule has 0 saturated carbocycles. The summed E-state index contributed by atoms with van der Waals surface area (Å²) in [5.74, 6) is 1.10. The average molecular weight is 403 g/mol. The zero-order chi connectivity index (χ0) is 21.3. The van der Waals surface area contributed by atoms with E-state index in [1.807, 2.05) is 78.9 Å². The Bertz CT molecular complexity index is 994. The second-order valence-electron chi connectivity index (χ2n) is 6.42. The lowest BCUT2D eigenvalue weighted by Crippen LogP contribution is -2.13. The molecular formula is C25H25NO4. The van der Waals surface area contributed by atoms with Crippen LogP contribution in [0.1, 0.15) is 18.1 Å². The summed E-state index contributed by atoms with van der Waals surface area (Å²) in [7, 11) is 3.24. The van der Waals surface area contributed by atoms with Crippen molar-refractivity contribution in [2.24, 2.45) is 0 Å². The van der Waals surface area contributed by atoms with Gasteiger partial charge in [-0.2, -0.15) is 0 Å². The zero-order valence-corrected chi connectivity index (χ0v) is 17.3. The van der Waals surface area contributed by atoms with Crippen LogP contribution in [0.4, 0.5) is 5.69 Å². The average Bonchev–Trinajstić information content (AvgIpc) is 2.80. The standard InChI is InChI=1S/C25H25NO4/c1-4-30-25(27)23(18-8-6-5-7-9-18)24(19-10-14-21(28-2)15-11-19)26-20-12-16-22(29-3)17-13-20/h5-17,26H,4H2,1-3H3/b24-23+. The van der Waals surface area contributed by atoms with Gasteiger partial charge in [0, 0.05) is 5.69 Å². The molecule has 0 atom stereocenters. The summed E-state index contributed by atoms with van der Waals surface area (Å²) < 4.78 is 15.9. The van der Waals surface area contributed by atoms with Crippen LogP contribution in [0.5, 0.6) is 11.5 Å². The van der Waals surface area contributed by atoms with Crippen LogP contribution < -0.4 is 14.8 Å². The first-order valence-corrected chi connectivity index (χ1v) is 9.68. The van der Waals surface area contributed by atoms with Gasteiger partial charge in [-0.3, -0.25) is 0 Å². The number of carbonyl (C=O) groups excluding carboxylic acids is 1. The Hall–Kier alpha value is -3.73. The van der Waals surface area contributed by atoms with Crippen LogP contribution in [0.25, 0.3) is 11.3 Å². The molecule has 0 saturated heterocycles. The minimum Gasteiger partial charge on any atom is -0.497 e. The molecule has 0 bridgehead atoms. The first kappa shape index (κ1) is 21.0. The number of esters is 1. The van der Waals surface area contributed by atoms with E-state index in [0.717, 1.165) is 28.3 Å². The number of hydrogen-bond acceptors (Lipinski definition) is 5. The van der Waals surface area contributed by atoms with Gasteiger partial charge in [0.1, 0.15) is 11.5 Å². The van der Waals surface area contributed by atoms with Crippen LogP contribution >= 0.6 is 0 Å². The number of rotatable bonds is 8. The molecule has 5 heteroatoms. The molecule has 1 N–H and O–H groups in total. The van der Waals surface area contributed by atoms with Gasteiger partial charge < -0.3 is 19.5 Å². The van der Waals surface area contributed by atoms with Gasteiger partial charge in [0.05, 0.1) is 32.1 Å². The van der Waals surface area contributed by atoms with E-state index in [1.165, 1.54) is 0 Å².